The number of likely N-dealkylation sites (tertiary alicyclic amines) is 1. The van der Waals surface area contributed by atoms with Crippen molar-refractivity contribution in [2.75, 3.05) is 25.0 Å². The number of fused-ring (bicyclic) bond motifs is 1. The van der Waals surface area contributed by atoms with Crippen LogP contribution in [0, 0.1) is 0 Å². The Balaban J connectivity index is 1.27. The zero-order valence-electron chi connectivity index (χ0n) is 19.9. The fourth-order valence-corrected chi connectivity index (χ4v) is 4.62. The normalized spacial score (nSPS) is 19.3. The van der Waals surface area contributed by atoms with Gasteiger partial charge in [-0.05, 0) is 42.4 Å². The number of piperidine rings is 1. The minimum absolute atomic E-state index is 0.0971. The highest BCUT2D eigenvalue weighted by molar-refractivity contribution is 5.92. The van der Waals surface area contributed by atoms with E-state index in [0.717, 1.165) is 25.7 Å². The average Bonchev–Trinajstić information content (AvgIpc) is 2.86. The minimum Gasteiger partial charge on any atom is -0.390 e. The average molecular weight is 467 g/mol. The van der Waals surface area contributed by atoms with Crippen LogP contribution in [0.25, 0.3) is 0 Å². The van der Waals surface area contributed by atoms with Crippen molar-refractivity contribution in [1.82, 2.24) is 25.5 Å². The number of nitrogens with one attached hydrogen (secondary N) is 3. The molecule has 0 bridgehead atoms. The first-order valence-corrected chi connectivity index (χ1v) is 12.1. The van der Waals surface area contributed by atoms with E-state index in [9.17, 15) is 14.7 Å². The van der Waals surface area contributed by atoms with Crippen molar-refractivity contribution in [3.63, 3.8) is 0 Å². The van der Waals surface area contributed by atoms with E-state index in [2.05, 4.69) is 51.0 Å². The number of amides is 2. The molecule has 4 rings (SSSR count). The molecule has 2 atom stereocenters. The Kier molecular flexibility index (Phi) is 7.74. The molecule has 1 saturated heterocycles. The van der Waals surface area contributed by atoms with Gasteiger partial charge in [-0.2, -0.15) is 0 Å². The van der Waals surface area contributed by atoms with Crippen molar-refractivity contribution in [2.45, 2.75) is 64.3 Å². The van der Waals surface area contributed by atoms with Gasteiger partial charge in [0.15, 0.2) is 0 Å². The maximum Gasteiger partial charge on any atom is 0.270 e. The van der Waals surface area contributed by atoms with E-state index < -0.39 is 6.10 Å². The van der Waals surface area contributed by atoms with Gasteiger partial charge < -0.3 is 26.0 Å². The van der Waals surface area contributed by atoms with Gasteiger partial charge in [0, 0.05) is 51.3 Å². The number of rotatable bonds is 7. The van der Waals surface area contributed by atoms with E-state index in [-0.39, 0.29) is 36.1 Å². The number of aromatic nitrogens is 2. The Hall–Kier alpha value is -3.04. The molecular weight excluding hydrogens is 432 g/mol. The van der Waals surface area contributed by atoms with Gasteiger partial charge in [0.1, 0.15) is 17.8 Å². The molecule has 9 heteroatoms. The highest BCUT2D eigenvalue weighted by Crippen LogP contribution is 2.20. The van der Waals surface area contributed by atoms with Crippen molar-refractivity contribution < 1.29 is 14.7 Å². The lowest BCUT2D eigenvalue weighted by Crippen LogP contribution is -2.49. The van der Waals surface area contributed by atoms with Crippen LogP contribution in [0.4, 0.5) is 5.82 Å². The van der Waals surface area contributed by atoms with Crippen LogP contribution < -0.4 is 16.0 Å². The van der Waals surface area contributed by atoms with E-state index in [1.54, 1.807) is 13.0 Å². The number of aliphatic hydroxyl groups excluding tert-OH is 1. The van der Waals surface area contributed by atoms with Crippen LogP contribution in [0.5, 0.6) is 0 Å². The molecule has 2 aromatic rings. The van der Waals surface area contributed by atoms with Crippen LogP contribution in [0.15, 0.2) is 30.6 Å². The predicted molar refractivity (Wildman–Crippen MR) is 129 cm³/mol. The maximum absolute atomic E-state index is 12.7. The summed E-state index contributed by atoms with van der Waals surface area (Å²) in [5, 5.41) is 20.2. The van der Waals surface area contributed by atoms with Gasteiger partial charge in [-0.3, -0.25) is 9.59 Å². The fourth-order valence-electron chi connectivity index (χ4n) is 4.62. The molecular formula is C25H34N6O3. The van der Waals surface area contributed by atoms with Gasteiger partial charge in [0.05, 0.1) is 6.10 Å². The van der Waals surface area contributed by atoms with E-state index >= 15 is 0 Å². The molecule has 9 nitrogen and oxygen atoms in total. The summed E-state index contributed by atoms with van der Waals surface area (Å²) in [6, 6.07) is 8.20. The molecule has 0 spiro atoms. The zero-order valence-corrected chi connectivity index (χ0v) is 19.9. The SMILES string of the molecule is CCc1ccc2c(c1)CN[C@H](C(O)CNC(=O)c1cc(NC3CCN(C(C)=O)CC3)ncn1)C2. The summed E-state index contributed by atoms with van der Waals surface area (Å²) in [6.45, 7) is 6.00. The summed E-state index contributed by atoms with van der Waals surface area (Å²) >= 11 is 0. The summed E-state index contributed by atoms with van der Waals surface area (Å²) < 4.78 is 0. The summed E-state index contributed by atoms with van der Waals surface area (Å²) in [4.78, 5) is 34.3. The van der Waals surface area contributed by atoms with Crippen LogP contribution in [-0.2, 0) is 24.2 Å². The summed E-state index contributed by atoms with van der Waals surface area (Å²) in [6.07, 6.45) is 4.03. The van der Waals surface area contributed by atoms with Crippen molar-refractivity contribution in [1.29, 1.82) is 0 Å². The molecule has 34 heavy (non-hydrogen) atoms. The first-order chi connectivity index (χ1) is 16.4. The first-order valence-electron chi connectivity index (χ1n) is 12.1. The van der Waals surface area contributed by atoms with Gasteiger partial charge in [-0.15, -0.1) is 0 Å². The monoisotopic (exact) mass is 466 g/mol. The number of carbonyl (C=O) groups excluding carboxylic acids is 2. The second kappa shape index (κ2) is 10.9. The number of nitrogens with zero attached hydrogens (tertiary/aromatic N) is 3. The molecule has 0 aliphatic carbocycles. The Morgan fingerprint density at radius 2 is 2.00 bits per heavy atom. The molecule has 0 saturated carbocycles. The molecule has 2 aliphatic heterocycles. The van der Waals surface area contributed by atoms with Crippen LogP contribution in [0.1, 0.15) is 53.9 Å². The lowest BCUT2D eigenvalue weighted by atomic mass is 9.91. The lowest BCUT2D eigenvalue weighted by Gasteiger charge is -2.32. The molecule has 2 amide bonds. The molecule has 182 valence electrons. The van der Waals surface area contributed by atoms with Crippen molar-refractivity contribution in [3.8, 4) is 0 Å². The van der Waals surface area contributed by atoms with Gasteiger partial charge in [0.2, 0.25) is 5.91 Å². The number of hydrogen-bond donors (Lipinski definition) is 4. The van der Waals surface area contributed by atoms with Crippen LogP contribution in [-0.4, -0.2) is 69.6 Å². The summed E-state index contributed by atoms with van der Waals surface area (Å²) in [5.41, 5.74) is 4.08. The highest BCUT2D eigenvalue weighted by Gasteiger charge is 2.25. The standard InChI is InChI=1S/C25H34N6O3/c1-3-17-4-5-18-11-21(26-13-19(18)10-17)23(33)14-27-25(34)22-12-24(29-15-28-22)30-20-6-8-31(9-7-20)16(2)32/h4-5,10,12,15,20-21,23,26,33H,3,6-9,11,13-14H2,1-2H3,(H,27,34)(H,28,29,30)/t21-,23?/m0/s1. The lowest BCUT2D eigenvalue weighted by molar-refractivity contribution is -0.129. The Labute approximate surface area is 200 Å². The molecule has 0 radical (unpaired) electrons. The topological polar surface area (TPSA) is 119 Å². The van der Waals surface area contributed by atoms with Crippen LogP contribution in [0.3, 0.4) is 0 Å². The molecule has 1 fully saturated rings. The van der Waals surface area contributed by atoms with Crippen molar-refractivity contribution in [2.24, 2.45) is 0 Å². The van der Waals surface area contributed by atoms with Gasteiger partial charge in [0.25, 0.3) is 5.91 Å². The third kappa shape index (κ3) is 5.90. The largest absolute Gasteiger partial charge is 0.390 e. The molecule has 4 N–H and O–H groups in total. The van der Waals surface area contributed by atoms with Crippen LogP contribution in [0.2, 0.25) is 0 Å². The van der Waals surface area contributed by atoms with Gasteiger partial charge >= 0.3 is 0 Å². The third-order valence-electron chi connectivity index (χ3n) is 6.80. The van der Waals surface area contributed by atoms with Gasteiger partial charge in [-0.1, -0.05) is 25.1 Å². The smallest absolute Gasteiger partial charge is 0.270 e. The first kappa shape index (κ1) is 24.1. The fraction of sp³-hybridized carbons (Fsp3) is 0.520. The summed E-state index contributed by atoms with van der Waals surface area (Å²) in [7, 11) is 0. The maximum atomic E-state index is 12.7. The number of aryl methyl sites for hydroxylation is 1. The Morgan fingerprint density at radius 1 is 1.21 bits per heavy atom. The van der Waals surface area contributed by atoms with Crippen molar-refractivity contribution >= 4 is 17.6 Å². The zero-order chi connectivity index (χ0) is 24.1. The number of benzene rings is 1. The van der Waals surface area contributed by atoms with Gasteiger partial charge in [-0.25, -0.2) is 9.97 Å². The number of aliphatic hydroxyl groups is 1. The Morgan fingerprint density at radius 3 is 2.74 bits per heavy atom. The van der Waals surface area contributed by atoms with Crippen molar-refractivity contribution in [3.05, 3.63) is 53.0 Å². The third-order valence-corrected chi connectivity index (χ3v) is 6.80. The quantitative estimate of drug-likeness (QED) is 0.485. The number of anilines is 1. The Bertz CT molecular complexity index is 1020. The van der Waals surface area contributed by atoms with E-state index in [4.69, 9.17) is 0 Å². The second-order valence-corrected chi connectivity index (χ2v) is 9.14. The molecule has 3 heterocycles. The van der Waals surface area contributed by atoms with E-state index in [1.165, 1.54) is 23.0 Å². The number of carbonyl (C=O) groups is 2. The molecule has 1 aromatic carbocycles. The summed E-state index contributed by atoms with van der Waals surface area (Å²) in [5.74, 6) is 0.332. The van der Waals surface area contributed by atoms with E-state index in [1.807, 2.05) is 4.90 Å². The second-order valence-electron chi connectivity index (χ2n) is 9.14. The number of hydrogen-bond acceptors (Lipinski definition) is 7. The molecule has 1 aromatic heterocycles. The van der Waals surface area contributed by atoms with E-state index in [0.29, 0.717) is 25.5 Å². The van der Waals surface area contributed by atoms with Crippen LogP contribution >= 0.6 is 0 Å². The predicted octanol–water partition coefficient (Wildman–Crippen LogP) is 1.27. The minimum atomic E-state index is -0.714. The highest BCUT2D eigenvalue weighted by atomic mass is 16.3. The molecule has 2 aliphatic rings. The molecule has 1 unspecified atom stereocenters.